The van der Waals surface area contributed by atoms with Crippen molar-refractivity contribution in [1.82, 2.24) is 44.8 Å². The smallest absolute Gasteiger partial charge is 0.409 e. The quantitative estimate of drug-likeness (QED) is 0.0529. The van der Waals surface area contributed by atoms with Gasteiger partial charge in [-0.2, -0.15) is 20.7 Å². The van der Waals surface area contributed by atoms with E-state index in [-0.39, 0.29) is 23.9 Å². The van der Waals surface area contributed by atoms with Gasteiger partial charge >= 0.3 is 11.5 Å². The summed E-state index contributed by atoms with van der Waals surface area (Å²) in [6.07, 6.45) is 13.6. The number of ether oxygens (including phenoxy) is 5. The van der Waals surface area contributed by atoms with Crippen molar-refractivity contribution in [2.24, 2.45) is 0 Å². The van der Waals surface area contributed by atoms with Gasteiger partial charge in [0.05, 0.1) is 50.1 Å². The van der Waals surface area contributed by atoms with Crippen molar-refractivity contribution in [3.63, 3.8) is 0 Å². The molecule has 11 rings (SSSR count). The van der Waals surface area contributed by atoms with Gasteiger partial charge in [0.25, 0.3) is 11.8 Å². The number of nitrogens with one attached hydrogen (secondary N) is 5. The predicted octanol–water partition coefficient (Wildman–Crippen LogP) is 12.2. The fourth-order valence-corrected chi connectivity index (χ4v) is 9.83. The SMILES string of the molecule is CCOC(=O)Cl.CCOC(=O)N1CCC[C@@H](Nc2n[nH]c3nccc(Oc4ccc(C(=O)Nc5cc(C#N)ccn5)cc4)c23)C1.COc1ccc(Cn2nc(NC3CCCCC3)c3c(Oc4ccc(C(=O)Nc5cc(C#N)ccn5)cc4)ccnc32)cc1. The monoisotopic (exact) mass is 1210 g/mol. The molecule has 1 saturated heterocycles. The van der Waals surface area contributed by atoms with Gasteiger partial charge in [-0.25, -0.2) is 34.2 Å². The van der Waals surface area contributed by atoms with Crippen molar-refractivity contribution < 1.29 is 42.9 Å². The summed E-state index contributed by atoms with van der Waals surface area (Å²) < 4.78 is 29.0. The summed E-state index contributed by atoms with van der Waals surface area (Å²) in [5.41, 5.74) is 3.27. The van der Waals surface area contributed by atoms with Crippen molar-refractivity contribution in [3.8, 4) is 40.9 Å². The highest BCUT2D eigenvalue weighted by molar-refractivity contribution is 6.61. The number of anilines is 4. The molecular formula is C63H62ClN15O9. The summed E-state index contributed by atoms with van der Waals surface area (Å²) in [5.74, 6) is 4.28. The number of methoxy groups -OCH3 is 1. The summed E-state index contributed by atoms with van der Waals surface area (Å²) >= 11 is 4.72. The number of amides is 3. The number of nitriles is 2. The molecule has 1 saturated carbocycles. The zero-order chi connectivity index (χ0) is 61.8. The number of benzene rings is 3. The molecular weight excluding hydrogens is 1150 g/mol. The van der Waals surface area contributed by atoms with Crippen LogP contribution in [0.15, 0.2) is 134 Å². The number of carbonyl (C=O) groups is 4. The first-order valence-corrected chi connectivity index (χ1v) is 28.8. The molecule has 24 nitrogen and oxygen atoms in total. The van der Waals surface area contributed by atoms with Crippen LogP contribution in [0, 0.1) is 22.7 Å². The third kappa shape index (κ3) is 16.5. The van der Waals surface area contributed by atoms with Crippen LogP contribution in [-0.4, -0.2) is 114 Å². The van der Waals surface area contributed by atoms with Gasteiger partial charge in [-0.3, -0.25) is 14.7 Å². The van der Waals surface area contributed by atoms with Gasteiger partial charge in [0.2, 0.25) is 0 Å². The summed E-state index contributed by atoms with van der Waals surface area (Å²) in [6.45, 7) is 5.87. The first-order chi connectivity index (χ1) is 42.9. The highest BCUT2D eigenvalue weighted by Crippen LogP contribution is 2.37. The average molecular weight is 1210 g/mol. The van der Waals surface area contributed by atoms with E-state index in [0.29, 0.717) is 113 Å². The van der Waals surface area contributed by atoms with Crippen LogP contribution in [0.3, 0.4) is 0 Å². The molecule has 0 unspecified atom stereocenters. The van der Waals surface area contributed by atoms with Crippen molar-refractivity contribution in [2.45, 2.75) is 77.4 Å². The maximum Gasteiger partial charge on any atom is 0.409 e. The Hall–Kier alpha value is -10.9. The number of piperidine rings is 1. The number of pyridine rings is 4. The van der Waals surface area contributed by atoms with E-state index >= 15 is 0 Å². The Morgan fingerprint density at radius 2 is 1.18 bits per heavy atom. The first-order valence-electron chi connectivity index (χ1n) is 28.4. The molecule has 3 aromatic carbocycles. The molecule has 0 bridgehead atoms. The Kier molecular flexibility index (Phi) is 21.2. The second-order valence-corrected chi connectivity index (χ2v) is 20.3. The molecule has 1 aliphatic carbocycles. The lowest BCUT2D eigenvalue weighted by molar-refractivity contribution is 0.0973. The lowest BCUT2D eigenvalue weighted by atomic mass is 9.95. The Balaban J connectivity index is 0.000000192. The number of carbonyl (C=O) groups excluding carboxylic acids is 4. The van der Waals surface area contributed by atoms with Gasteiger partial charge < -0.3 is 49.9 Å². The third-order valence-electron chi connectivity index (χ3n) is 14.0. The number of hydrogen-bond acceptors (Lipinski definition) is 19. The number of fused-ring (bicyclic) bond motifs is 2. The number of aromatic amines is 1. The molecule has 0 spiro atoms. The van der Waals surface area contributed by atoms with E-state index in [1.165, 1.54) is 43.8 Å². The van der Waals surface area contributed by atoms with E-state index in [4.69, 9.17) is 51.2 Å². The van der Waals surface area contributed by atoms with Crippen LogP contribution in [-0.2, 0) is 16.0 Å². The summed E-state index contributed by atoms with van der Waals surface area (Å²) in [6, 6.07) is 35.6. The van der Waals surface area contributed by atoms with Gasteiger partial charge in [0, 0.05) is 84.8 Å². The van der Waals surface area contributed by atoms with E-state index in [2.05, 4.69) is 51.2 Å². The molecule has 88 heavy (non-hydrogen) atoms. The number of hydrogen-bond donors (Lipinski definition) is 5. The van der Waals surface area contributed by atoms with Gasteiger partial charge in [-0.05, 0) is 130 Å². The van der Waals surface area contributed by atoms with Crippen LogP contribution < -0.4 is 35.5 Å². The maximum absolute atomic E-state index is 12.8. The summed E-state index contributed by atoms with van der Waals surface area (Å²) in [7, 11) is 1.65. The van der Waals surface area contributed by atoms with Crippen molar-refractivity contribution in [2.75, 3.05) is 54.7 Å². The lowest BCUT2D eigenvalue weighted by Gasteiger charge is -2.32. The van der Waals surface area contributed by atoms with E-state index in [1.54, 1.807) is 105 Å². The number of halogens is 1. The molecule has 1 aliphatic heterocycles. The number of aromatic nitrogens is 8. The minimum Gasteiger partial charge on any atom is -0.497 e. The Morgan fingerprint density at radius 3 is 1.74 bits per heavy atom. The van der Waals surface area contributed by atoms with Gasteiger partial charge in [0.1, 0.15) is 51.2 Å². The molecule has 2 aliphatic rings. The maximum atomic E-state index is 12.8. The van der Waals surface area contributed by atoms with E-state index < -0.39 is 5.43 Å². The topological polar surface area (TPSA) is 311 Å². The van der Waals surface area contributed by atoms with Crippen molar-refractivity contribution in [3.05, 3.63) is 162 Å². The lowest BCUT2D eigenvalue weighted by Crippen LogP contribution is -2.45. The Labute approximate surface area is 511 Å². The number of nitrogens with zero attached hydrogens (tertiary/aromatic N) is 10. The van der Waals surface area contributed by atoms with Gasteiger partial charge in [-0.15, -0.1) is 0 Å². The van der Waals surface area contributed by atoms with Crippen molar-refractivity contribution >= 4 is 80.3 Å². The molecule has 2 fully saturated rings. The molecule has 0 radical (unpaired) electrons. The standard InChI is InChI=1S/C33H31N7O3.C27H26N8O4.C3H5ClO2/c1-42-26-11-7-22(8-12-26)21-40-32-30(31(39-40)37-25-5-3-2-4-6-25)28(16-18-36-32)43-27-13-9-24(10-14-27)33(41)38-29-19-23(20-34)15-17-35-29;1-2-38-27(37)35-13-3-4-19(16-35)31-25-23-21(10-12-30-24(23)33-34-25)39-20-7-5-18(6-8-20)26(36)32-22-14-17(15-28)9-11-29-22;1-2-6-3(4)5/h7-19,25H,2-6,21H2,1H3,(H,37,39)(H,35,38,41);5-12,14,19H,2-4,13,16H2,1H3,(H,29,32,36)(H2,30,31,33,34);2H2,1H3/t;19-;/m.1./s1. The van der Waals surface area contributed by atoms with Crippen LogP contribution in [0.1, 0.15) is 96.2 Å². The molecule has 7 heterocycles. The van der Waals surface area contributed by atoms with Crippen LogP contribution in [0.2, 0.25) is 0 Å². The molecule has 450 valence electrons. The Morgan fingerprint density at radius 1 is 0.636 bits per heavy atom. The minimum atomic E-state index is -0.738. The average Bonchev–Trinajstić information content (AvgIpc) is 4.33. The zero-order valence-corrected chi connectivity index (χ0v) is 49.1. The van der Waals surface area contributed by atoms with E-state index in [0.717, 1.165) is 53.8 Å². The van der Waals surface area contributed by atoms with E-state index in [1.807, 2.05) is 47.2 Å². The largest absolute Gasteiger partial charge is 0.497 e. The number of rotatable bonds is 17. The predicted molar refractivity (Wildman–Crippen MR) is 329 cm³/mol. The molecule has 25 heteroatoms. The second-order valence-electron chi connectivity index (χ2n) is 20.0. The first kappa shape index (κ1) is 61.7. The highest BCUT2D eigenvalue weighted by atomic mass is 35.5. The Bertz CT molecular complexity index is 3960. The fourth-order valence-electron chi connectivity index (χ4n) is 9.72. The number of likely N-dealkylation sites (tertiary alicyclic amines) is 1. The molecule has 5 N–H and O–H groups in total. The molecule has 3 amide bonds. The van der Waals surface area contributed by atoms with Crippen molar-refractivity contribution in [1.29, 1.82) is 10.5 Å². The van der Waals surface area contributed by atoms with Crippen LogP contribution in [0.5, 0.6) is 28.7 Å². The molecule has 1 atom stereocenters. The van der Waals surface area contributed by atoms with Gasteiger partial charge in [-0.1, -0.05) is 31.4 Å². The zero-order valence-electron chi connectivity index (χ0n) is 48.4. The fraction of sp³-hybridized carbons (Fsp3) is 0.270. The van der Waals surface area contributed by atoms with Crippen LogP contribution in [0.4, 0.5) is 32.9 Å². The van der Waals surface area contributed by atoms with E-state index in [9.17, 15) is 19.2 Å². The van der Waals surface area contributed by atoms with Crippen LogP contribution >= 0.6 is 11.6 Å². The highest BCUT2D eigenvalue weighted by Gasteiger charge is 2.27. The summed E-state index contributed by atoms with van der Waals surface area (Å²) in [4.78, 5) is 66.1. The molecule has 9 aromatic rings. The third-order valence-corrected chi connectivity index (χ3v) is 14.1. The summed E-state index contributed by atoms with van der Waals surface area (Å²) in [5, 5.41) is 44.4. The second kappa shape index (κ2) is 30.3. The minimum absolute atomic E-state index is 0.0103. The van der Waals surface area contributed by atoms with Crippen LogP contribution in [0.25, 0.3) is 22.1 Å². The number of H-pyrrole nitrogens is 1. The van der Waals surface area contributed by atoms with Gasteiger partial charge in [0.15, 0.2) is 22.9 Å². The molecule has 6 aromatic heterocycles. The normalized spacial score (nSPS) is 13.6.